The number of aryl methyl sites for hydroxylation is 2. The number of nitrogens with one attached hydrogen (secondary N) is 1. The second kappa shape index (κ2) is 5.40. The fraction of sp³-hybridized carbons (Fsp3) is 0.286. The minimum atomic E-state index is -0.0348. The average Bonchev–Trinajstić information content (AvgIpc) is 2.35. The number of benzene rings is 1. The summed E-state index contributed by atoms with van der Waals surface area (Å²) in [5.74, 6) is 0. The number of aromatic nitrogens is 2. The van der Waals surface area contributed by atoms with Crippen molar-refractivity contribution in [3.8, 4) is 0 Å². The summed E-state index contributed by atoms with van der Waals surface area (Å²) >= 11 is 1.45. The number of rotatable bonds is 3. The van der Waals surface area contributed by atoms with Gasteiger partial charge in [0.25, 0.3) is 5.56 Å². The van der Waals surface area contributed by atoms with Crippen molar-refractivity contribution in [3.05, 3.63) is 57.0 Å². The Morgan fingerprint density at radius 3 is 2.44 bits per heavy atom. The van der Waals surface area contributed by atoms with E-state index in [1.807, 2.05) is 13.2 Å². The van der Waals surface area contributed by atoms with Crippen LogP contribution in [0.25, 0.3) is 0 Å². The first-order chi connectivity index (χ1) is 8.60. The highest BCUT2D eigenvalue weighted by molar-refractivity contribution is 7.98. The third kappa shape index (κ3) is 2.82. The molecule has 3 nitrogen and oxygen atoms in total. The van der Waals surface area contributed by atoms with Gasteiger partial charge in [-0.15, -0.1) is 0 Å². The van der Waals surface area contributed by atoms with E-state index >= 15 is 0 Å². The highest BCUT2D eigenvalue weighted by Crippen LogP contribution is 2.12. The molecule has 0 unspecified atom stereocenters. The zero-order valence-corrected chi connectivity index (χ0v) is 11.6. The van der Waals surface area contributed by atoms with Crippen molar-refractivity contribution < 1.29 is 0 Å². The van der Waals surface area contributed by atoms with Gasteiger partial charge in [0.15, 0.2) is 5.16 Å². The summed E-state index contributed by atoms with van der Waals surface area (Å²) in [4.78, 5) is 19.2. The van der Waals surface area contributed by atoms with Crippen LogP contribution in [-0.4, -0.2) is 16.2 Å². The Morgan fingerprint density at radius 1 is 1.22 bits per heavy atom. The fourth-order valence-electron chi connectivity index (χ4n) is 1.80. The van der Waals surface area contributed by atoms with Gasteiger partial charge < -0.3 is 4.98 Å². The maximum atomic E-state index is 12.0. The molecule has 1 N–H and O–H groups in total. The fourth-order valence-corrected chi connectivity index (χ4v) is 2.22. The second-order valence-electron chi connectivity index (χ2n) is 4.30. The van der Waals surface area contributed by atoms with Gasteiger partial charge >= 0.3 is 0 Å². The monoisotopic (exact) mass is 260 g/mol. The molecule has 0 saturated carbocycles. The Hall–Kier alpha value is -1.55. The summed E-state index contributed by atoms with van der Waals surface area (Å²) < 4.78 is 0. The van der Waals surface area contributed by atoms with Crippen LogP contribution in [0, 0.1) is 13.8 Å². The standard InChI is InChI=1S/C14H16N2OS/c1-9-4-6-11(7-5-9)8-12-10(2)15-14(18-3)16-13(12)17/h4-7H,8H2,1-3H3,(H,15,16,17). The summed E-state index contributed by atoms with van der Waals surface area (Å²) in [7, 11) is 0. The number of hydrogen-bond donors (Lipinski definition) is 1. The molecular formula is C14H16N2OS. The van der Waals surface area contributed by atoms with Crippen molar-refractivity contribution in [1.29, 1.82) is 0 Å². The first-order valence-corrected chi connectivity index (χ1v) is 7.02. The minimum Gasteiger partial charge on any atom is -0.301 e. The Balaban J connectivity index is 2.35. The first kappa shape index (κ1) is 12.9. The Kier molecular flexibility index (Phi) is 3.87. The van der Waals surface area contributed by atoms with Gasteiger partial charge in [-0.2, -0.15) is 0 Å². The first-order valence-electron chi connectivity index (χ1n) is 5.79. The summed E-state index contributed by atoms with van der Waals surface area (Å²) in [5, 5.41) is 0.671. The number of thioether (sulfide) groups is 1. The molecule has 18 heavy (non-hydrogen) atoms. The highest BCUT2D eigenvalue weighted by atomic mass is 32.2. The molecule has 0 fully saturated rings. The van der Waals surface area contributed by atoms with Crippen LogP contribution < -0.4 is 5.56 Å². The van der Waals surface area contributed by atoms with Gasteiger partial charge in [0.05, 0.1) is 0 Å². The Labute approximate surface area is 111 Å². The smallest absolute Gasteiger partial charge is 0.255 e. The van der Waals surface area contributed by atoms with E-state index in [0.29, 0.717) is 11.6 Å². The molecule has 0 radical (unpaired) electrons. The highest BCUT2D eigenvalue weighted by Gasteiger charge is 2.08. The lowest BCUT2D eigenvalue weighted by atomic mass is 10.0. The molecule has 4 heteroatoms. The maximum Gasteiger partial charge on any atom is 0.255 e. The van der Waals surface area contributed by atoms with Crippen molar-refractivity contribution >= 4 is 11.8 Å². The van der Waals surface area contributed by atoms with Gasteiger partial charge in [-0.3, -0.25) is 4.79 Å². The van der Waals surface area contributed by atoms with Gasteiger partial charge in [-0.25, -0.2) is 4.98 Å². The lowest BCUT2D eigenvalue weighted by Gasteiger charge is -2.06. The largest absolute Gasteiger partial charge is 0.301 e. The van der Waals surface area contributed by atoms with Crippen molar-refractivity contribution in [1.82, 2.24) is 9.97 Å². The number of aromatic amines is 1. The Bertz CT molecular complexity index is 602. The van der Waals surface area contributed by atoms with Gasteiger partial charge in [0.1, 0.15) is 0 Å². The molecule has 0 aliphatic rings. The molecule has 0 bridgehead atoms. The van der Waals surface area contributed by atoms with E-state index in [4.69, 9.17) is 0 Å². The summed E-state index contributed by atoms with van der Waals surface area (Å²) in [6.45, 7) is 3.94. The van der Waals surface area contributed by atoms with Crippen LogP contribution in [0.1, 0.15) is 22.4 Å². The quantitative estimate of drug-likeness (QED) is 0.681. The van der Waals surface area contributed by atoms with Gasteiger partial charge in [0.2, 0.25) is 0 Å². The molecule has 94 valence electrons. The second-order valence-corrected chi connectivity index (χ2v) is 5.10. The summed E-state index contributed by atoms with van der Waals surface area (Å²) in [6, 6.07) is 8.22. The van der Waals surface area contributed by atoms with Crippen LogP contribution in [-0.2, 0) is 6.42 Å². The zero-order chi connectivity index (χ0) is 13.1. The van der Waals surface area contributed by atoms with E-state index in [9.17, 15) is 4.79 Å². The van der Waals surface area contributed by atoms with Crippen molar-refractivity contribution in [3.63, 3.8) is 0 Å². The third-order valence-corrected chi connectivity index (χ3v) is 3.48. The van der Waals surface area contributed by atoms with Crippen LogP contribution in [0.4, 0.5) is 0 Å². The van der Waals surface area contributed by atoms with E-state index < -0.39 is 0 Å². The van der Waals surface area contributed by atoms with Crippen LogP contribution in [0.5, 0.6) is 0 Å². The van der Waals surface area contributed by atoms with E-state index in [2.05, 4.69) is 41.2 Å². The molecule has 0 spiro atoms. The number of nitrogens with zero attached hydrogens (tertiary/aromatic N) is 1. The van der Waals surface area contributed by atoms with Crippen molar-refractivity contribution in [2.24, 2.45) is 0 Å². The maximum absolute atomic E-state index is 12.0. The molecule has 0 aliphatic carbocycles. The molecule has 0 amide bonds. The molecule has 0 atom stereocenters. The van der Waals surface area contributed by atoms with E-state index in [0.717, 1.165) is 16.8 Å². The third-order valence-electron chi connectivity index (χ3n) is 2.90. The predicted octanol–water partition coefficient (Wildman–Crippen LogP) is 2.70. The topological polar surface area (TPSA) is 45.8 Å². The molecule has 2 aromatic rings. The molecule has 0 aliphatic heterocycles. The Morgan fingerprint density at radius 2 is 1.89 bits per heavy atom. The summed E-state index contributed by atoms with van der Waals surface area (Å²) in [6.07, 6.45) is 2.53. The molecular weight excluding hydrogens is 244 g/mol. The molecule has 1 aromatic heterocycles. The lowest BCUT2D eigenvalue weighted by molar-refractivity contribution is 0.868. The van der Waals surface area contributed by atoms with E-state index in [1.165, 1.54) is 17.3 Å². The lowest BCUT2D eigenvalue weighted by Crippen LogP contribution is -2.17. The van der Waals surface area contributed by atoms with Crippen LogP contribution in [0.2, 0.25) is 0 Å². The zero-order valence-electron chi connectivity index (χ0n) is 10.8. The SMILES string of the molecule is CSc1nc(C)c(Cc2ccc(C)cc2)c(=O)[nH]1. The van der Waals surface area contributed by atoms with Gasteiger partial charge in [-0.05, 0) is 25.7 Å². The van der Waals surface area contributed by atoms with Gasteiger partial charge in [-0.1, -0.05) is 41.6 Å². The average molecular weight is 260 g/mol. The normalized spacial score (nSPS) is 10.6. The summed E-state index contributed by atoms with van der Waals surface area (Å²) in [5.41, 5.74) is 3.88. The molecule has 1 heterocycles. The minimum absolute atomic E-state index is 0.0348. The van der Waals surface area contributed by atoms with Crippen molar-refractivity contribution in [2.75, 3.05) is 6.26 Å². The number of H-pyrrole nitrogens is 1. The van der Waals surface area contributed by atoms with Gasteiger partial charge in [0, 0.05) is 17.7 Å². The van der Waals surface area contributed by atoms with Crippen LogP contribution in [0.3, 0.4) is 0 Å². The predicted molar refractivity (Wildman–Crippen MR) is 75.4 cm³/mol. The number of hydrogen-bond acceptors (Lipinski definition) is 3. The van der Waals surface area contributed by atoms with Crippen LogP contribution in [0.15, 0.2) is 34.2 Å². The molecule has 1 aromatic carbocycles. The van der Waals surface area contributed by atoms with Crippen molar-refractivity contribution in [2.45, 2.75) is 25.4 Å². The molecule has 2 rings (SSSR count). The van der Waals surface area contributed by atoms with Crippen LogP contribution >= 0.6 is 11.8 Å². The molecule has 0 saturated heterocycles. The van der Waals surface area contributed by atoms with E-state index in [-0.39, 0.29) is 5.56 Å². The van der Waals surface area contributed by atoms with E-state index in [1.54, 1.807) is 0 Å².